The second-order valence-corrected chi connectivity index (χ2v) is 10.4. The van der Waals surface area contributed by atoms with Crippen LogP contribution in [0.3, 0.4) is 0 Å². The summed E-state index contributed by atoms with van der Waals surface area (Å²) in [5.74, 6) is 1.46. The van der Waals surface area contributed by atoms with Gasteiger partial charge in [-0.1, -0.05) is 30.8 Å². The number of rotatable bonds is 5. The minimum Gasteiger partial charge on any atom is -0.287 e. The van der Waals surface area contributed by atoms with E-state index in [4.69, 9.17) is 4.98 Å². The molecule has 9 heteroatoms. The van der Waals surface area contributed by atoms with Gasteiger partial charge in [0.25, 0.3) is 11.1 Å². The molecule has 3 aromatic heterocycles. The summed E-state index contributed by atoms with van der Waals surface area (Å²) in [7, 11) is 0. The molecular weight excluding hydrogens is 454 g/mol. The van der Waals surface area contributed by atoms with Gasteiger partial charge in [-0.25, -0.2) is 9.97 Å². The molecule has 0 bridgehead atoms. The number of benzene rings is 1. The highest BCUT2D eigenvalue weighted by atomic mass is 32.2. The number of hydrogen-bond donors (Lipinski definition) is 0. The van der Waals surface area contributed by atoms with Crippen LogP contribution in [0.5, 0.6) is 0 Å². The molecule has 0 amide bonds. The van der Waals surface area contributed by atoms with E-state index in [1.807, 2.05) is 13.0 Å². The molecule has 168 valence electrons. The first-order chi connectivity index (χ1) is 16.0. The van der Waals surface area contributed by atoms with Crippen molar-refractivity contribution in [2.24, 2.45) is 5.92 Å². The SMILES string of the molecule is CCn1c(SCc2nc3ccccc3c(=O)n2CC#N)nc2sc3c(c2c1=O)CCC(C)C3. The molecule has 0 N–H and O–H groups in total. The highest BCUT2D eigenvalue weighted by molar-refractivity contribution is 7.98. The van der Waals surface area contributed by atoms with E-state index in [0.29, 0.717) is 40.1 Å². The first kappa shape index (κ1) is 21.9. The minimum atomic E-state index is -0.228. The van der Waals surface area contributed by atoms with Crippen LogP contribution in [-0.2, 0) is 31.7 Å². The van der Waals surface area contributed by atoms with Crippen LogP contribution in [0.15, 0.2) is 39.0 Å². The third kappa shape index (κ3) is 3.77. The van der Waals surface area contributed by atoms with Crippen LogP contribution in [0, 0.1) is 17.2 Å². The van der Waals surface area contributed by atoms with E-state index in [2.05, 4.69) is 18.0 Å². The van der Waals surface area contributed by atoms with Gasteiger partial charge in [0.15, 0.2) is 5.16 Å². The van der Waals surface area contributed by atoms with Gasteiger partial charge in [-0.2, -0.15) is 5.26 Å². The molecule has 0 saturated carbocycles. The molecule has 1 unspecified atom stereocenters. The zero-order valence-corrected chi connectivity index (χ0v) is 20.1. The van der Waals surface area contributed by atoms with Gasteiger partial charge in [-0.3, -0.25) is 18.7 Å². The molecule has 1 aromatic carbocycles. The first-order valence-electron chi connectivity index (χ1n) is 11.0. The molecule has 5 rings (SSSR count). The summed E-state index contributed by atoms with van der Waals surface area (Å²) in [6, 6.07) is 9.20. The third-order valence-corrected chi connectivity index (χ3v) is 8.32. The number of hydrogen-bond acceptors (Lipinski definition) is 7. The Hall–Kier alpha value is -2.96. The Kier molecular flexibility index (Phi) is 5.81. The van der Waals surface area contributed by atoms with Crippen molar-refractivity contribution in [3.63, 3.8) is 0 Å². The molecule has 1 aliphatic rings. The summed E-state index contributed by atoms with van der Waals surface area (Å²) in [5.41, 5.74) is 1.57. The summed E-state index contributed by atoms with van der Waals surface area (Å²) < 4.78 is 3.12. The normalized spacial score (nSPS) is 15.6. The fourth-order valence-electron chi connectivity index (χ4n) is 4.48. The van der Waals surface area contributed by atoms with E-state index in [9.17, 15) is 14.9 Å². The Morgan fingerprint density at radius 1 is 1.21 bits per heavy atom. The van der Waals surface area contributed by atoms with E-state index in [-0.39, 0.29) is 17.7 Å². The van der Waals surface area contributed by atoms with Crippen molar-refractivity contribution in [3.8, 4) is 6.07 Å². The van der Waals surface area contributed by atoms with Crippen LogP contribution in [0.2, 0.25) is 0 Å². The van der Waals surface area contributed by atoms with Gasteiger partial charge in [0.2, 0.25) is 0 Å². The molecule has 4 aromatic rings. The lowest BCUT2D eigenvalue weighted by atomic mass is 9.89. The Labute approximate surface area is 198 Å². The molecule has 7 nitrogen and oxygen atoms in total. The van der Waals surface area contributed by atoms with Crippen molar-refractivity contribution in [3.05, 3.63) is 61.2 Å². The number of thiophene rings is 1. The maximum absolute atomic E-state index is 13.4. The lowest BCUT2D eigenvalue weighted by molar-refractivity contribution is 0.509. The average molecular weight is 478 g/mol. The zero-order valence-electron chi connectivity index (χ0n) is 18.5. The van der Waals surface area contributed by atoms with Crippen molar-refractivity contribution in [1.82, 2.24) is 19.1 Å². The van der Waals surface area contributed by atoms with Crippen molar-refractivity contribution in [2.45, 2.75) is 57.1 Å². The van der Waals surface area contributed by atoms with Crippen LogP contribution in [0.4, 0.5) is 0 Å². The lowest BCUT2D eigenvalue weighted by Gasteiger charge is -2.17. The highest BCUT2D eigenvalue weighted by Gasteiger charge is 2.24. The topological polar surface area (TPSA) is 93.6 Å². The van der Waals surface area contributed by atoms with Crippen molar-refractivity contribution in [2.75, 3.05) is 0 Å². The third-order valence-electron chi connectivity index (χ3n) is 6.20. The van der Waals surface area contributed by atoms with Crippen molar-refractivity contribution in [1.29, 1.82) is 5.26 Å². The molecule has 0 aliphatic heterocycles. The maximum Gasteiger partial charge on any atom is 0.263 e. The van der Waals surface area contributed by atoms with Gasteiger partial charge in [-0.15, -0.1) is 11.3 Å². The second kappa shape index (κ2) is 8.76. The molecule has 0 radical (unpaired) electrons. The van der Waals surface area contributed by atoms with Crippen molar-refractivity contribution < 1.29 is 0 Å². The number of nitrogens with zero attached hydrogens (tertiary/aromatic N) is 5. The first-order valence-corrected chi connectivity index (χ1v) is 12.8. The number of fused-ring (bicyclic) bond motifs is 4. The van der Waals surface area contributed by atoms with Gasteiger partial charge in [0.05, 0.1) is 28.1 Å². The minimum absolute atomic E-state index is 0.0120. The van der Waals surface area contributed by atoms with Crippen LogP contribution in [-0.4, -0.2) is 19.1 Å². The van der Waals surface area contributed by atoms with E-state index in [1.165, 1.54) is 26.8 Å². The Bertz CT molecular complexity index is 1540. The molecule has 33 heavy (non-hydrogen) atoms. The van der Waals surface area contributed by atoms with Gasteiger partial charge in [0.1, 0.15) is 17.2 Å². The molecule has 3 heterocycles. The Morgan fingerprint density at radius 2 is 2.03 bits per heavy atom. The summed E-state index contributed by atoms with van der Waals surface area (Å²) in [5, 5.41) is 11.1. The summed E-state index contributed by atoms with van der Waals surface area (Å²) in [6.45, 7) is 4.64. The van der Waals surface area contributed by atoms with E-state index in [0.717, 1.165) is 29.5 Å². The maximum atomic E-state index is 13.4. The van der Waals surface area contributed by atoms with Crippen LogP contribution >= 0.6 is 23.1 Å². The lowest BCUT2D eigenvalue weighted by Crippen LogP contribution is -2.25. The smallest absolute Gasteiger partial charge is 0.263 e. The average Bonchev–Trinajstić information content (AvgIpc) is 3.17. The van der Waals surface area contributed by atoms with Gasteiger partial charge in [-0.05, 0) is 49.8 Å². The predicted molar refractivity (Wildman–Crippen MR) is 132 cm³/mol. The molecule has 1 aliphatic carbocycles. The molecule has 0 fully saturated rings. The quantitative estimate of drug-likeness (QED) is 0.317. The van der Waals surface area contributed by atoms with Crippen LogP contribution in [0.25, 0.3) is 21.1 Å². The van der Waals surface area contributed by atoms with Crippen molar-refractivity contribution >= 4 is 44.2 Å². The predicted octanol–water partition coefficient (Wildman–Crippen LogP) is 4.13. The Morgan fingerprint density at radius 3 is 2.82 bits per heavy atom. The molecule has 0 saturated heterocycles. The number of aromatic nitrogens is 4. The van der Waals surface area contributed by atoms with E-state index in [1.54, 1.807) is 34.1 Å². The summed E-state index contributed by atoms with van der Waals surface area (Å²) in [4.78, 5) is 38.0. The molecular formula is C24H23N5O2S2. The summed E-state index contributed by atoms with van der Waals surface area (Å²) >= 11 is 3.02. The summed E-state index contributed by atoms with van der Waals surface area (Å²) in [6.07, 6.45) is 3.04. The van der Waals surface area contributed by atoms with Gasteiger partial charge in [0, 0.05) is 11.4 Å². The van der Waals surface area contributed by atoms with E-state index < -0.39 is 0 Å². The molecule has 0 spiro atoms. The number of nitriles is 1. The van der Waals surface area contributed by atoms with Gasteiger partial charge < -0.3 is 0 Å². The molecule has 1 atom stereocenters. The number of thioether (sulfide) groups is 1. The standard InChI is InChI=1S/C24H23N5O2S2/c1-3-28-23(31)20-16-9-8-14(2)12-18(16)33-21(20)27-24(28)32-13-19-26-17-7-5-4-6-15(17)22(30)29(19)11-10-25/h4-7,14H,3,8-9,11-13H2,1-2H3. The van der Waals surface area contributed by atoms with E-state index >= 15 is 0 Å². The van der Waals surface area contributed by atoms with Crippen LogP contribution < -0.4 is 11.1 Å². The fraction of sp³-hybridized carbons (Fsp3) is 0.375. The number of aryl methyl sites for hydroxylation is 1. The fourth-order valence-corrected chi connectivity index (χ4v) is 6.91. The van der Waals surface area contributed by atoms with Gasteiger partial charge >= 0.3 is 0 Å². The number of para-hydroxylation sites is 1. The monoisotopic (exact) mass is 477 g/mol. The van der Waals surface area contributed by atoms with Crippen LogP contribution in [0.1, 0.15) is 36.5 Å². The zero-order chi connectivity index (χ0) is 23.1. The largest absolute Gasteiger partial charge is 0.287 e. The highest BCUT2D eigenvalue weighted by Crippen LogP contribution is 2.36. The second-order valence-electron chi connectivity index (χ2n) is 8.36. The Balaban J connectivity index is 1.57.